The molecule has 5 heteroatoms. The quantitative estimate of drug-likeness (QED) is 0.473. The van der Waals surface area contributed by atoms with E-state index in [2.05, 4.69) is 0 Å². The van der Waals surface area contributed by atoms with Gasteiger partial charge in [0, 0.05) is 32.3 Å². The molecule has 4 N–H and O–H groups in total. The topological polar surface area (TPSA) is 86.2 Å². The van der Waals surface area contributed by atoms with E-state index in [9.17, 15) is 9.59 Å². The summed E-state index contributed by atoms with van der Waals surface area (Å²) in [6.45, 7) is 0. The average Bonchev–Trinajstić information content (AvgIpc) is 1.79. The van der Waals surface area contributed by atoms with Crippen molar-refractivity contribution in [3.63, 3.8) is 0 Å². The molecule has 0 aromatic rings. The summed E-state index contributed by atoms with van der Waals surface area (Å²) in [5, 5.41) is 0. The van der Waals surface area contributed by atoms with Crippen LogP contribution < -0.4 is 11.5 Å². The van der Waals surface area contributed by atoms with Gasteiger partial charge < -0.3 is 11.5 Å². The van der Waals surface area contributed by atoms with Crippen molar-refractivity contribution < 1.29 is 29.1 Å². The van der Waals surface area contributed by atoms with E-state index >= 15 is 0 Å². The Labute approximate surface area is 78.5 Å². The van der Waals surface area contributed by atoms with Crippen molar-refractivity contribution in [2.45, 2.75) is 25.7 Å². The molecule has 4 nitrogen and oxygen atoms in total. The predicted molar refractivity (Wildman–Crippen MR) is 36.9 cm³/mol. The Hall–Kier alpha value is -0.437. The fourth-order valence-electron chi connectivity index (χ4n) is 0.598. The maximum Gasteiger partial charge on any atom is 0.217 e. The Balaban J connectivity index is 0. The zero-order chi connectivity index (χ0) is 7.98. The molecule has 0 radical (unpaired) electrons. The molecule has 0 saturated carbocycles. The first-order valence-corrected chi connectivity index (χ1v) is 3.19. The molecule has 0 spiro atoms. The van der Waals surface area contributed by atoms with Crippen molar-refractivity contribution in [2.24, 2.45) is 11.5 Å². The summed E-state index contributed by atoms with van der Waals surface area (Å²) in [5.41, 5.74) is 9.71. The first-order chi connectivity index (χ1) is 4.63. The van der Waals surface area contributed by atoms with Gasteiger partial charge in [0.1, 0.15) is 0 Å². The van der Waals surface area contributed by atoms with E-state index in [4.69, 9.17) is 11.5 Å². The van der Waals surface area contributed by atoms with Crippen LogP contribution in [-0.4, -0.2) is 11.8 Å². The molecule has 0 aliphatic rings. The Bertz CT molecular complexity index is 123. The Morgan fingerprint density at radius 3 is 1.36 bits per heavy atom. The third-order valence-corrected chi connectivity index (χ3v) is 1.10. The first-order valence-electron chi connectivity index (χ1n) is 3.19. The molecule has 0 saturated heterocycles. The number of unbranched alkanes of at least 4 members (excludes halogenated alkanes) is 1. The summed E-state index contributed by atoms with van der Waals surface area (Å²) in [6.07, 6.45) is 1.98. The number of amides is 2. The first kappa shape index (κ1) is 13.2. The number of rotatable bonds is 5. The Kier molecular flexibility index (Phi) is 9.18. The standard InChI is InChI=1S/C6H12N2O2.Zn/c7-5(9)3-1-2-4-6(8)10;/h1-4H2,(H2,7,9)(H2,8,10);. The number of hydrogen-bond donors (Lipinski definition) is 2. The van der Waals surface area contributed by atoms with E-state index in [-0.39, 0.29) is 31.3 Å². The van der Waals surface area contributed by atoms with Crippen LogP contribution in [-0.2, 0) is 29.1 Å². The van der Waals surface area contributed by atoms with Gasteiger partial charge in [0.15, 0.2) is 0 Å². The number of carbonyl (C=O) groups excluding carboxylic acids is 2. The van der Waals surface area contributed by atoms with Crippen LogP contribution in [0, 0.1) is 0 Å². The molecule has 60 valence electrons. The molecule has 0 aliphatic carbocycles. The van der Waals surface area contributed by atoms with Crippen LogP contribution in [0.25, 0.3) is 0 Å². The van der Waals surface area contributed by atoms with Gasteiger partial charge in [0.2, 0.25) is 11.8 Å². The van der Waals surface area contributed by atoms with E-state index in [0.717, 1.165) is 0 Å². The van der Waals surface area contributed by atoms with E-state index in [0.29, 0.717) is 25.7 Å². The average molecular weight is 210 g/mol. The van der Waals surface area contributed by atoms with Crippen molar-refractivity contribution in [3.8, 4) is 0 Å². The minimum absolute atomic E-state index is 0. The molecule has 2 amide bonds. The SMILES string of the molecule is NC(=O)CCCCC(N)=O.[Zn]. The minimum Gasteiger partial charge on any atom is -0.370 e. The molecule has 0 unspecified atom stereocenters. The minimum atomic E-state index is -0.329. The number of hydrogen-bond acceptors (Lipinski definition) is 2. The normalized spacial score (nSPS) is 8.36. The number of carbonyl (C=O) groups is 2. The largest absolute Gasteiger partial charge is 0.370 e. The summed E-state index contributed by atoms with van der Waals surface area (Å²) in [7, 11) is 0. The molecule has 0 aromatic carbocycles. The van der Waals surface area contributed by atoms with Gasteiger partial charge in [0.25, 0.3) is 0 Å². The van der Waals surface area contributed by atoms with Gasteiger partial charge in [0.05, 0.1) is 0 Å². The van der Waals surface area contributed by atoms with Crippen LogP contribution in [0.1, 0.15) is 25.7 Å². The summed E-state index contributed by atoms with van der Waals surface area (Å²) < 4.78 is 0. The molecule has 0 rings (SSSR count). The van der Waals surface area contributed by atoms with Gasteiger partial charge in [-0.15, -0.1) is 0 Å². The monoisotopic (exact) mass is 208 g/mol. The zero-order valence-electron chi connectivity index (χ0n) is 6.51. The predicted octanol–water partition coefficient (Wildman–Crippen LogP) is -0.485. The van der Waals surface area contributed by atoms with Gasteiger partial charge in [-0.2, -0.15) is 0 Å². The molecule has 0 heterocycles. The van der Waals surface area contributed by atoms with Crippen LogP contribution in [0.15, 0.2) is 0 Å². The molecular formula is C6H12N2O2Zn. The second-order valence-electron chi connectivity index (χ2n) is 2.14. The summed E-state index contributed by atoms with van der Waals surface area (Å²) in [5.74, 6) is -0.658. The molecule has 0 aromatic heterocycles. The Morgan fingerprint density at radius 1 is 0.909 bits per heavy atom. The van der Waals surface area contributed by atoms with Crippen molar-refractivity contribution in [1.29, 1.82) is 0 Å². The maximum absolute atomic E-state index is 10.2. The van der Waals surface area contributed by atoms with E-state index < -0.39 is 0 Å². The van der Waals surface area contributed by atoms with Gasteiger partial charge in [-0.3, -0.25) is 9.59 Å². The number of nitrogens with two attached hydrogens (primary N) is 2. The summed E-state index contributed by atoms with van der Waals surface area (Å²) in [4.78, 5) is 20.3. The molecule has 0 bridgehead atoms. The fraction of sp³-hybridized carbons (Fsp3) is 0.667. The fourth-order valence-corrected chi connectivity index (χ4v) is 0.598. The van der Waals surface area contributed by atoms with E-state index in [1.54, 1.807) is 0 Å². The zero-order valence-corrected chi connectivity index (χ0v) is 9.47. The van der Waals surface area contributed by atoms with Gasteiger partial charge in [-0.25, -0.2) is 0 Å². The molecule has 0 aliphatic heterocycles. The summed E-state index contributed by atoms with van der Waals surface area (Å²) >= 11 is 0. The molecule has 11 heavy (non-hydrogen) atoms. The van der Waals surface area contributed by atoms with E-state index in [1.165, 1.54) is 0 Å². The summed E-state index contributed by atoms with van der Waals surface area (Å²) in [6, 6.07) is 0. The van der Waals surface area contributed by atoms with Crippen LogP contribution in [0.2, 0.25) is 0 Å². The molecular weight excluding hydrogens is 197 g/mol. The maximum atomic E-state index is 10.2. The van der Waals surface area contributed by atoms with Crippen molar-refractivity contribution in [1.82, 2.24) is 0 Å². The van der Waals surface area contributed by atoms with Crippen LogP contribution in [0.4, 0.5) is 0 Å². The second kappa shape index (κ2) is 7.67. The number of primary amides is 2. The van der Waals surface area contributed by atoms with Gasteiger partial charge in [-0.1, -0.05) is 0 Å². The van der Waals surface area contributed by atoms with Crippen LogP contribution in [0.3, 0.4) is 0 Å². The van der Waals surface area contributed by atoms with Crippen LogP contribution in [0.5, 0.6) is 0 Å². The molecule has 0 atom stereocenters. The van der Waals surface area contributed by atoms with Crippen molar-refractivity contribution >= 4 is 11.8 Å². The van der Waals surface area contributed by atoms with Crippen LogP contribution >= 0.6 is 0 Å². The van der Waals surface area contributed by atoms with Crippen molar-refractivity contribution in [2.75, 3.05) is 0 Å². The third-order valence-electron chi connectivity index (χ3n) is 1.10. The van der Waals surface area contributed by atoms with Crippen molar-refractivity contribution in [3.05, 3.63) is 0 Å². The van der Waals surface area contributed by atoms with Gasteiger partial charge >= 0.3 is 0 Å². The third kappa shape index (κ3) is 12.7. The second-order valence-corrected chi connectivity index (χ2v) is 2.14. The molecule has 0 fully saturated rings. The van der Waals surface area contributed by atoms with Gasteiger partial charge in [-0.05, 0) is 12.8 Å². The Morgan fingerprint density at radius 2 is 1.18 bits per heavy atom. The smallest absolute Gasteiger partial charge is 0.217 e. The van der Waals surface area contributed by atoms with E-state index in [1.807, 2.05) is 0 Å².